The maximum absolute atomic E-state index is 12.1. The highest BCUT2D eigenvalue weighted by Gasteiger charge is 2.14. The van der Waals surface area contributed by atoms with E-state index < -0.39 is 0 Å². The quantitative estimate of drug-likeness (QED) is 0.752. The number of carbonyl (C=O) groups is 1. The first kappa shape index (κ1) is 12.7. The van der Waals surface area contributed by atoms with E-state index in [-0.39, 0.29) is 11.2 Å². The van der Waals surface area contributed by atoms with Crippen molar-refractivity contribution in [3.05, 3.63) is 42.1 Å². The summed E-state index contributed by atoms with van der Waals surface area (Å²) >= 11 is 0. The highest BCUT2D eigenvalue weighted by molar-refractivity contribution is 5.99. The van der Waals surface area contributed by atoms with E-state index in [1.807, 2.05) is 30.3 Å². The first-order valence-electron chi connectivity index (χ1n) is 6.34. The number of fused-ring (bicyclic) bond motifs is 1. The summed E-state index contributed by atoms with van der Waals surface area (Å²) in [4.78, 5) is 16.4. The van der Waals surface area contributed by atoms with Crippen molar-refractivity contribution < 1.29 is 4.79 Å². The minimum Gasteiger partial charge on any atom is -0.294 e. The summed E-state index contributed by atoms with van der Waals surface area (Å²) < 4.78 is 0. The number of hydrogen-bond donors (Lipinski definition) is 0. The van der Waals surface area contributed by atoms with Crippen molar-refractivity contribution in [1.29, 1.82) is 0 Å². The molecule has 0 aliphatic heterocycles. The van der Waals surface area contributed by atoms with Gasteiger partial charge in [-0.2, -0.15) is 0 Å². The van der Waals surface area contributed by atoms with Crippen LogP contribution in [0.2, 0.25) is 0 Å². The second-order valence-corrected chi connectivity index (χ2v) is 5.89. The van der Waals surface area contributed by atoms with E-state index in [4.69, 9.17) is 0 Å². The molecule has 0 bridgehead atoms. The Morgan fingerprint density at radius 3 is 2.72 bits per heavy atom. The van der Waals surface area contributed by atoms with Crippen LogP contribution in [-0.4, -0.2) is 10.8 Å². The predicted octanol–water partition coefficient (Wildman–Crippen LogP) is 4.24. The summed E-state index contributed by atoms with van der Waals surface area (Å²) in [5, 5.41) is 1.03. The van der Waals surface area contributed by atoms with Crippen LogP contribution >= 0.6 is 0 Å². The number of benzene rings is 1. The van der Waals surface area contributed by atoms with Gasteiger partial charge in [0.25, 0.3) is 0 Å². The van der Waals surface area contributed by atoms with Gasteiger partial charge in [-0.25, -0.2) is 0 Å². The second kappa shape index (κ2) is 4.89. The van der Waals surface area contributed by atoms with Gasteiger partial charge in [-0.05, 0) is 36.1 Å². The van der Waals surface area contributed by atoms with E-state index in [0.717, 1.165) is 22.9 Å². The summed E-state index contributed by atoms with van der Waals surface area (Å²) in [6.45, 7) is 6.47. The largest absolute Gasteiger partial charge is 0.294 e. The first-order valence-corrected chi connectivity index (χ1v) is 6.34. The van der Waals surface area contributed by atoms with E-state index in [2.05, 4.69) is 25.8 Å². The number of aromatic nitrogens is 1. The van der Waals surface area contributed by atoms with E-state index in [1.54, 1.807) is 6.20 Å². The number of ketones is 1. The van der Waals surface area contributed by atoms with Gasteiger partial charge in [0.2, 0.25) is 0 Å². The van der Waals surface area contributed by atoms with Gasteiger partial charge in [0.05, 0.1) is 5.52 Å². The van der Waals surface area contributed by atoms with Gasteiger partial charge >= 0.3 is 0 Å². The highest BCUT2D eigenvalue weighted by atomic mass is 16.1. The molecule has 0 fully saturated rings. The SMILES string of the molecule is CC(C)(C)CCC(=O)c1ccc2ncccc2c1. The van der Waals surface area contributed by atoms with Gasteiger partial charge in [-0.15, -0.1) is 0 Å². The minimum absolute atomic E-state index is 0.202. The molecule has 94 valence electrons. The maximum atomic E-state index is 12.1. The van der Waals surface area contributed by atoms with Gasteiger partial charge in [0.15, 0.2) is 5.78 Å². The first-order chi connectivity index (χ1) is 8.46. The van der Waals surface area contributed by atoms with Crippen molar-refractivity contribution in [3.63, 3.8) is 0 Å². The average molecular weight is 241 g/mol. The lowest BCUT2D eigenvalue weighted by atomic mass is 9.88. The van der Waals surface area contributed by atoms with Crippen LogP contribution in [0.4, 0.5) is 0 Å². The molecule has 0 N–H and O–H groups in total. The second-order valence-electron chi connectivity index (χ2n) is 5.89. The monoisotopic (exact) mass is 241 g/mol. The molecule has 0 spiro atoms. The molecule has 18 heavy (non-hydrogen) atoms. The third-order valence-corrected chi connectivity index (χ3v) is 3.03. The zero-order valence-electron chi connectivity index (χ0n) is 11.2. The summed E-state index contributed by atoms with van der Waals surface area (Å²) in [6.07, 6.45) is 3.29. The molecule has 1 aromatic heterocycles. The fourth-order valence-electron chi connectivity index (χ4n) is 1.88. The van der Waals surface area contributed by atoms with Crippen molar-refractivity contribution in [2.24, 2.45) is 5.41 Å². The Labute approximate surface area is 108 Å². The standard InChI is InChI=1S/C16H19NO/c1-16(2,3)9-8-15(18)13-6-7-14-12(11-13)5-4-10-17-14/h4-7,10-11H,8-9H2,1-3H3. The van der Waals surface area contributed by atoms with Crippen molar-refractivity contribution in [2.75, 3.05) is 0 Å². The molecule has 2 heteroatoms. The molecule has 2 aromatic rings. The van der Waals surface area contributed by atoms with E-state index in [0.29, 0.717) is 6.42 Å². The van der Waals surface area contributed by atoms with E-state index in [9.17, 15) is 4.79 Å². The fourth-order valence-corrected chi connectivity index (χ4v) is 1.88. The average Bonchev–Trinajstić information content (AvgIpc) is 2.34. The topological polar surface area (TPSA) is 30.0 Å². The number of rotatable bonds is 3. The summed E-state index contributed by atoms with van der Waals surface area (Å²) in [6, 6.07) is 9.61. The van der Waals surface area contributed by atoms with Gasteiger partial charge < -0.3 is 0 Å². The Bertz CT molecular complexity index is 567. The Morgan fingerprint density at radius 2 is 2.00 bits per heavy atom. The zero-order valence-corrected chi connectivity index (χ0v) is 11.2. The predicted molar refractivity (Wildman–Crippen MR) is 74.8 cm³/mol. The highest BCUT2D eigenvalue weighted by Crippen LogP contribution is 2.22. The molecule has 0 amide bonds. The molecule has 0 atom stereocenters. The lowest BCUT2D eigenvalue weighted by Gasteiger charge is -2.17. The fraction of sp³-hybridized carbons (Fsp3) is 0.375. The molecule has 0 radical (unpaired) electrons. The van der Waals surface area contributed by atoms with Crippen molar-refractivity contribution in [3.8, 4) is 0 Å². The Morgan fingerprint density at radius 1 is 1.22 bits per heavy atom. The summed E-state index contributed by atoms with van der Waals surface area (Å²) in [5.41, 5.74) is 1.93. The number of pyridine rings is 1. The van der Waals surface area contributed by atoms with Crippen molar-refractivity contribution >= 4 is 16.7 Å². The molecule has 0 unspecified atom stereocenters. The van der Waals surface area contributed by atoms with Crippen LogP contribution in [-0.2, 0) is 0 Å². The number of nitrogens with zero attached hydrogens (tertiary/aromatic N) is 1. The molecule has 1 aromatic carbocycles. The maximum Gasteiger partial charge on any atom is 0.162 e. The van der Waals surface area contributed by atoms with Gasteiger partial charge in [-0.1, -0.05) is 26.8 Å². The van der Waals surface area contributed by atoms with Gasteiger partial charge in [0, 0.05) is 23.6 Å². The normalized spacial score (nSPS) is 11.7. The zero-order chi connectivity index (χ0) is 13.2. The van der Waals surface area contributed by atoms with Crippen LogP contribution in [0.3, 0.4) is 0 Å². The lowest BCUT2D eigenvalue weighted by Crippen LogP contribution is -2.09. The smallest absolute Gasteiger partial charge is 0.162 e. The van der Waals surface area contributed by atoms with E-state index >= 15 is 0 Å². The third-order valence-electron chi connectivity index (χ3n) is 3.03. The van der Waals surface area contributed by atoms with Crippen LogP contribution in [0, 0.1) is 5.41 Å². The molecule has 0 saturated carbocycles. The van der Waals surface area contributed by atoms with Crippen LogP contribution in [0.5, 0.6) is 0 Å². The molecule has 0 saturated heterocycles. The molecule has 0 aliphatic rings. The molecule has 0 aliphatic carbocycles. The van der Waals surface area contributed by atoms with Crippen LogP contribution in [0.25, 0.3) is 10.9 Å². The Kier molecular flexibility index (Phi) is 3.46. The van der Waals surface area contributed by atoms with Crippen molar-refractivity contribution in [1.82, 2.24) is 4.98 Å². The Hall–Kier alpha value is -1.70. The van der Waals surface area contributed by atoms with Gasteiger partial charge in [0.1, 0.15) is 0 Å². The number of Topliss-reactive ketones (excluding diaryl/α,β-unsaturated/α-hetero) is 1. The molecular weight excluding hydrogens is 222 g/mol. The summed E-state index contributed by atoms with van der Waals surface area (Å²) in [5.74, 6) is 0.218. The van der Waals surface area contributed by atoms with E-state index in [1.165, 1.54) is 0 Å². The third kappa shape index (κ3) is 3.16. The Balaban J connectivity index is 2.18. The van der Waals surface area contributed by atoms with Crippen LogP contribution in [0.15, 0.2) is 36.5 Å². The molecule has 2 rings (SSSR count). The molecule has 2 nitrogen and oxygen atoms in total. The van der Waals surface area contributed by atoms with Crippen LogP contribution < -0.4 is 0 Å². The lowest BCUT2D eigenvalue weighted by molar-refractivity contribution is 0.0966. The molecule has 1 heterocycles. The molecular formula is C16H19NO. The summed E-state index contributed by atoms with van der Waals surface area (Å²) in [7, 11) is 0. The number of hydrogen-bond acceptors (Lipinski definition) is 2. The number of carbonyl (C=O) groups excluding carboxylic acids is 1. The van der Waals surface area contributed by atoms with Crippen LogP contribution in [0.1, 0.15) is 44.0 Å². The van der Waals surface area contributed by atoms with Gasteiger partial charge in [-0.3, -0.25) is 9.78 Å². The minimum atomic E-state index is 0.202. The van der Waals surface area contributed by atoms with Crippen molar-refractivity contribution in [2.45, 2.75) is 33.6 Å².